The normalized spacial score (nSPS) is 20.2. The van der Waals surface area contributed by atoms with Crippen LogP contribution in [0.5, 0.6) is 0 Å². The van der Waals surface area contributed by atoms with Crippen LogP contribution >= 0.6 is 22.9 Å². The molecular formula is C20H19ClN2O2S. The number of hydrogen-bond donors (Lipinski definition) is 2. The molecule has 2 aromatic heterocycles. The third-order valence-corrected chi connectivity index (χ3v) is 6.07. The van der Waals surface area contributed by atoms with Crippen molar-refractivity contribution in [2.24, 2.45) is 0 Å². The molecule has 0 saturated heterocycles. The lowest BCUT2D eigenvalue weighted by Gasteiger charge is -2.26. The third kappa shape index (κ3) is 3.61. The SMILES string of the molecule is O=C(NC1CCC(O)CC1)c1cc(-c2ccc(Cl)s2)nc2ccccc12. The Hall–Kier alpha value is -1.95. The number of fused-ring (bicyclic) bond motifs is 1. The number of hydrogen-bond acceptors (Lipinski definition) is 4. The number of halogens is 1. The number of para-hydroxylation sites is 1. The Labute approximate surface area is 160 Å². The van der Waals surface area contributed by atoms with Crippen LogP contribution in [0.1, 0.15) is 36.0 Å². The summed E-state index contributed by atoms with van der Waals surface area (Å²) in [7, 11) is 0. The second-order valence-electron chi connectivity index (χ2n) is 6.65. The van der Waals surface area contributed by atoms with Gasteiger partial charge in [-0.25, -0.2) is 4.98 Å². The Kier molecular flexibility index (Phi) is 4.94. The number of aliphatic hydroxyl groups excluding tert-OH is 1. The Morgan fingerprint density at radius 2 is 1.92 bits per heavy atom. The van der Waals surface area contributed by atoms with Crippen LogP contribution in [0, 0.1) is 0 Å². The Bertz CT molecular complexity index is 948. The molecule has 1 aromatic carbocycles. The van der Waals surface area contributed by atoms with Gasteiger partial charge in [-0.1, -0.05) is 29.8 Å². The fourth-order valence-electron chi connectivity index (χ4n) is 3.42. The quantitative estimate of drug-likeness (QED) is 0.688. The Morgan fingerprint density at radius 1 is 1.15 bits per heavy atom. The number of aromatic nitrogens is 1. The van der Waals surface area contributed by atoms with Crippen molar-refractivity contribution in [1.82, 2.24) is 10.3 Å². The summed E-state index contributed by atoms with van der Waals surface area (Å²) in [6, 6.07) is 13.4. The first-order chi connectivity index (χ1) is 12.6. The summed E-state index contributed by atoms with van der Waals surface area (Å²) in [5.41, 5.74) is 2.17. The maximum Gasteiger partial charge on any atom is 0.252 e. The van der Waals surface area contributed by atoms with E-state index in [-0.39, 0.29) is 18.1 Å². The molecule has 1 fully saturated rings. The molecule has 4 rings (SSSR count). The van der Waals surface area contributed by atoms with Gasteiger partial charge in [0.15, 0.2) is 0 Å². The minimum Gasteiger partial charge on any atom is -0.393 e. The molecule has 0 bridgehead atoms. The minimum atomic E-state index is -0.236. The summed E-state index contributed by atoms with van der Waals surface area (Å²) >= 11 is 7.51. The van der Waals surface area contributed by atoms with Gasteiger partial charge >= 0.3 is 0 Å². The van der Waals surface area contributed by atoms with Crippen LogP contribution in [-0.4, -0.2) is 28.1 Å². The van der Waals surface area contributed by atoms with E-state index in [4.69, 9.17) is 16.6 Å². The first-order valence-corrected chi connectivity index (χ1v) is 9.94. The van der Waals surface area contributed by atoms with E-state index in [0.717, 1.165) is 47.2 Å². The molecule has 1 saturated carbocycles. The largest absolute Gasteiger partial charge is 0.393 e. The highest BCUT2D eigenvalue weighted by atomic mass is 35.5. The van der Waals surface area contributed by atoms with Gasteiger partial charge in [0.05, 0.1) is 32.1 Å². The van der Waals surface area contributed by atoms with Crippen LogP contribution < -0.4 is 5.32 Å². The van der Waals surface area contributed by atoms with Gasteiger partial charge in [0.2, 0.25) is 0 Å². The molecule has 0 aliphatic heterocycles. The molecule has 2 heterocycles. The summed E-state index contributed by atoms with van der Waals surface area (Å²) in [5.74, 6) is -0.0890. The highest BCUT2D eigenvalue weighted by Crippen LogP contribution is 2.32. The third-order valence-electron chi connectivity index (χ3n) is 4.82. The molecule has 134 valence electrons. The van der Waals surface area contributed by atoms with Gasteiger partial charge in [-0.2, -0.15) is 0 Å². The van der Waals surface area contributed by atoms with Crippen LogP contribution in [-0.2, 0) is 0 Å². The number of carbonyl (C=O) groups excluding carboxylic acids is 1. The molecule has 1 aliphatic carbocycles. The number of pyridine rings is 1. The van der Waals surface area contributed by atoms with Crippen LogP contribution in [0.15, 0.2) is 42.5 Å². The van der Waals surface area contributed by atoms with Crippen molar-refractivity contribution in [2.75, 3.05) is 0 Å². The zero-order valence-electron chi connectivity index (χ0n) is 14.1. The highest BCUT2D eigenvalue weighted by molar-refractivity contribution is 7.19. The molecule has 0 radical (unpaired) electrons. The smallest absolute Gasteiger partial charge is 0.252 e. The molecule has 4 nitrogen and oxygen atoms in total. The summed E-state index contributed by atoms with van der Waals surface area (Å²) in [4.78, 5) is 18.6. The van der Waals surface area contributed by atoms with Crippen molar-refractivity contribution in [3.05, 3.63) is 52.4 Å². The summed E-state index contributed by atoms with van der Waals surface area (Å²) in [6.45, 7) is 0. The average molecular weight is 387 g/mol. The van der Waals surface area contributed by atoms with Gasteiger partial charge < -0.3 is 10.4 Å². The monoisotopic (exact) mass is 386 g/mol. The molecule has 26 heavy (non-hydrogen) atoms. The number of nitrogens with one attached hydrogen (secondary N) is 1. The fourth-order valence-corrected chi connectivity index (χ4v) is 4.43. The van der Waals surface area contributed by atoms with Crippen molar-refractivity contribution in [1.29, 1.82) is 0 Å². The number of thiophene rings is 1. The molecule has 0 atom stereocenters. The molecule has 1 aliphatic rings. The predicted octanol–water partition coefficient (Wildman–Crippen LogP) is 4.65. The van der Waals surface area contributed by atoms with Crippen molar-refractivity contribution in [2.45, 2.75) is 37.8 Å². The molecular weight excluding hydrogens is 368 g/mol. The molecule has 2 N–H and O–H groups in total. The lowest BCUT2D eigenvalue weighted by Crippen LogP contribution is -2.38. The maximum atomic E-state index is 13.0. The van der Waals surface area contributed by atoms with Crippen molar-refractivity contribution < 1.29 is 9.90 Å². The van der Waals surface area contributed by atoms with E-state index in [1.165, 1.54) is 11.3 Å². The van der Waals surface area contributed by atoms with E-state index >= 15 is 0 Å². The van der Waals surface area contributed by atoms with Gasteiger partial charge in [0.25, 0.3) is 5.91 Å². The second kappa shape index (κ2) is 7.35. The second-order valence-corrected chi connectivity index (χ2v) is 8.37. The lowest BCUT2D eigenvalue weighted by molar-refractivity contribution is 0.0869. The minimum absolute atomic E-state index is 0.0890. The topological polar surface area (TPSA) is 62.2 Å². The first kappa shape index (κ1) is 17.5. The molecule has 0 spiro atoms. The molecule has 0 unspecified atom stereocenters. The Morgan fingerprint density at radius 3 is 2.65 bits per heavy atom. The number of carbonyl (C=O) groups is 1. The van der Waals surface area contributed by atoms with Crippen LogP contribution in [0.4, 0.5) is 0 Å². The fraction of sp³-hybridized carbons (Fsp3) is 0.300. The standard InChI is InChI=1S/C20H19ClN2O2S/c21-19-10-9-18(26-19)17-11-15(14-3-1-2-4-16(14)23-17)20(25)22-12-5-7-13(24)8-6-12/h1-4,9-13,24H,5-8H2,(H,22,25). The summed E-state index contributed by atoms with van der Waals surface area (Å²) < 4.78 is 0.696. The van der Waals surface area contributed by atoms with E-state index in [1.807, 2.05) is 42.5 Å². The summed E-state index contributed by atoms with van der Waals surface area (Å²) in [5, 5.41) is 13.6. The first-order valence-electron chi connectivity index (χ1n) is 8.74. The lowest BCUT2D eigenvalue weighted by atomic mass is 9.93. The van der Waals surface area contributed by atoms with E-state index < -0.39 is 0 Å². The van der Waals surface area contributed by atoms with Gasteiger partial charge in [-0.05, 0) is 49.9 Å². The average Bonchev–Trinajstić information content (AvgIpc) is 3.09. The van der Waals surface area contributed by atoms with Crippen LogP contribution in [0.2, 0.25) is 4.34 Å². The van der Waals surface area contributed by atoms with Crippen molar-refractivity contribution in [3.8, 4) is 10.6 Å². The van der Waals surface area contributed by atoms with Crippen LogP contribution in [0.25, 0.3) is 21.5 Å². The molecule has 1 amide bonds. The zero-order valence-corrected chi connectivity index (χ0v) is 15.7. The van der Waals surface area contributed by atoms with E-state index in [0.29, 0.717) is 9.90 Å². The van der Waals surface area contributed by atoms with Crippen molar-refractivity contribution >= 4 is 39.7 Å². The maximum absolute atomic E-state index is 13.0. The predicted molar refractivity (Wildman–Crippen MR) is 106 cm³/mol. The van der Waals surface area contributed by atoms with Gasteiger partial charge in [-0.3, -0.25) is 4.79 Å². The summed E-state index contributed by atoms with van der Waals surface area (Å²) in [6.07, 6.45) is 2.86. The number of nitrogens with zero attached hydrogens (tertiary/aromatic N) is 1. The van der Waals surface area contributed by atoms with Gasteiger partial charge in [0, 0.05) is 11.4 Å². The van der Waals surface area contributed by atoms with E-state index in [2.05, 4.69) is 5.32 Å². The van der Waals surface area contributed by atoms with E-state index in [1.54, 1.807) is 0 Å². The van der Waals surface area contributed by atoms with Gasteiger partial charge in [0.1, 0.15) is 0 Å². The number of aliphatic hydroxyl groups is 1. The highest BCUT2D eigenvalue weighted by Gasteiger charge is 2.22. The molecule has 6 heteroatoms. The van der Waals surface area contributed by atoms with Gasteiger partial charge in [-0.15, -0.1) is 11.3 Å². The molecule has 3 aromatic rings. The number of rotatable bonds is 3. The number of benzene rings is 1. The van der Waals surface area contributed by atoms with Crippen molar-refractivity contribution in [3.63, 3.8) is 0 Å². The Balaban J connectivity index is 1.69. The number of amides is 1. The van der Waals surface area contributed by atoms with E-state index in [9.17, 15) is 9.90 Å². The van der Waals surface area contributed by atoms with Crippen LogP contribution in [0.3, 0.4) is 0 Å². The zero-order chi connectivity index (χ0) is 18.1.